The molecule has 1 heteroatoms. The molecule has 2 rings (SSSR count). The van der Waals surface area contributed by atoms with Crippen molar-refractivity contribution in [3.8, 4) is 0 Å². The van der Waals surface area contributed by atoms with Crippen LogP contribution in [0.25, 0.3) is 0 Å². The van der Waals surface area contributed by atoms with Crippen LogP contribution in [0.1, 0.15) is 44.9 Å². The molecular formula is C13H22O. The second-order valence-electron chi connectivity index (χ2n) is 5.14. The van der Waals surface area contributed by atoms with Gasteiger partial charge in [0.05, 0.1) is 6.10 Å². The lowest BCUT2D eigenvalue weighted by atomic mass is 9.65. The van der Waals surface area contributed by atoms with E-state index in [-0.39, 0.29) is 6.10 Å². The molecule has 4 atom stereocenters. The fraction of sp³-hybridized carbons (Fsp3) is 0.846. The van der Waals surface area contributed by atoms with Crippen molar-refractivity contribution in [2.24, 2.45) is 17.8 Å². The van der Waals surface area contributed by atoms with Crippen LogP contribution in [0.4, 0.5) is 0 Å². The number of rotatable bonds is 2. The van der Waals surface area contributed by atoms with Gasteiger partial charge in [0.1, 0.15) is 0 Å². The van der Waals surface area contributed by atoms with E-state index >= 15 is 0 Å². The van der Waals surface area contributed by atoms with Crippen LogP contribution in [0.15, 0.2) is 12.7 Å². The molecular weight excluding hydrogens is 172 g/mol. The Labute approximate surface area is 87.2 Å². The highest BCUT2D eigenvalue weighted by molar-refractivity contribution is 4.90. The normalized spacial score (nSPS) is 42.9. The monoisotopic (exact) mass is 194 g/mol. The zero-order valence-electron chi connectivity index (χ0n) is 8.99. The van der Waals surface area contributed by atoms with Gasteiger partial charge in [0, 0.05) is 0 Å². The highest BCUT2D eigenvalue weighted by Crippen LogP contribution is 2.43. The molecule has 4 unspecified atom stereocenters. The zero-order chi connectivity index (χ0) is 9.97. The number of allylic oxidation sites excluding steroid dienone is 1. The third kappa shape index (κ3) is 2.03. The minimum absolute atomic E-state index is 0.0148. The van der Waals surface area contributed by atoms with Crippen molar-refractivity contribution < 1.29 is 5.11 Å². The Balaban J connectivity index is 1.96. The molecule has 0 radical (unpaired) electrons. The topological polar surface area (TPSA) is 20.2 Å². The van der Waals surface area contributed by atoms with Crippen molar-refractivity contribution in [3.63, 3.8) is 0 Å². The molecule has 0 amide bonds. The van der Waals surface area contributed by atoms with Gasteiger partial charge in [-0.05, 0) is 43.4 Å². The maximum absolute atomic E-state index is 10.1. The van der Waals surface area contributed by atoms with Gasteiger partial charge in [0.2, 0.25) is 0 Å². The van der Waals surface area contributed by atoms with E-state index in [0.717, 1.165) is 18.8 Å². The number of fused-ring (bicyclic) bond motifs is 1. The number of aliphatic hydroxyl groups excluding tert-OH is 1. The zero-order valence-corrected chi connectivity index (χ0v) is 8.99. The Morgan fingerprint density at radius 3 is 2.79 bits per heavy atom. The highest BCUT2D eigenvalue weighted by Gasteiger charge is 2.37. The fourth-order valence-corrected chi connectivity index (χ4v) is 3.50. The van der Waals surface area contributed by atoms with E-state index in [1.807, 2.05) is 6.08 Å². The van der Waals surface area contributed by atoms with Gasteiger partial charge in [-0.2, -0.15) is 0 Å². The van der Waals surface area contributed by atoms with Gasteiger partial charge in [-0.3, -0.25) is 0 Å². The minimum atomic E-state index is -0.0148. The smallest absolute Gasteiger partial charge is 0.0573 e. The molecule has 80 valence electrons. The summed E-state index contributed by atoms with van der Waals surface area (Å²) in [7, 11) is 0. The fourth-order valence-electron chi connectivity index (χ4n) is 3.50. The van der Waals surface area contributed by atoms with Crippen LogP contribution >= 0.6 is 0 Å². The van der Waals surface area contributed by atoms with Crippen molar-refractivity contribution in [1.29, 1.82) is 0 Å². The Morgan fingerprint density at radius 2 is 2.00 bits per heavy atom. The van der Waals surface area contributed by atoms with Gasteiger partial charge >= 0.3 is 0 Å². The van der Waals surface area contributed by atoms with Crippen LogP contribution in [-0.2, 0) is 0 Å². The summed E-state index contributed by atoms with van der Waals surface area (Å²) >= 11 is 0. The molecule has 0 aromatic heterocycles. The maximum atomic E-state index is 10.1. The molecule has 0 heterocycles. The molecule has 0 aromatic rings. The van der Waals surface area contributed by atoms with Gasteiger partial charge in [-0.25, -0.2) is 0 Å². The Bertz CT molecular complexity index is 199. The Kier molecular flexibility index (Phi) is 3.27. The van der Waals surface area contributed by atoms with Crippen LogP contribution in [0.3, 0.4) is 0 Å². The number of hydrogen-bond acceptors (Lipinski definition) is 1. The van der Waals surface area contributed by atoms with Crippen LogP contribution in [-0.4, -0.2) is 11.2 Å². The molecule has 1 N–H and O–H groups in total. The molecule has 2 saturated carbocycles. The quantitative estimate of drug-likeness (QED) is 0.670. The van der Waals surface area contributed by atoms with Crippen molar-refractivity contribution >= 4 is 0 Å². The van der Waals surface area contributed by atoms with Gasteiger partial charge in [0.15, 0.2) is 0 Å². The molecule has 0 aliphatic heterocycles. The summed E-state index contributed by atoms with van der Waals surface area (Å²) in [6, 6.07) is 0. The van der Waals surface area contributed by atoms with Crippen molar-refractivity contribution in [2.75, 3.05) is 0 Å². The molecule has 2 aliphatic carbocycles. The van der Waals surface area contributed by atoms with E-state index in [0.29, 0.717) is 11.8 Å². The molecule has 0 saturated heterocycles. The maximum Gasteiger partial charge on any atom is 0.0573 e. The summed E-state index contributed by atoms with van der Waals surface area (Å²) in [5.74, 6) is 2.16. The van der Waals surface area contributed by atoms with Gasteiger partial charge in [0.25, 0.3) is 0 Å². The summed E-state index contributed by atoms with van der Waals surface area (Å²) in [5, 5.41) is 10.1. The summed E-state index contributed by atoms with van der Waals surface area (Å²) in [6.45, 7) is 3.80. The lowest BCUT2D eigenvalue weighted by molar-refractivity contribution is -0.0129. The largest absolute Gasteiger partial charge is 0.393 e. The van der Waals surface area contributed by atoms with Gasteiger partial charge < -0.3 is 5.11 Å². The molecule has 0 aromatic carbocycles. The van der Waals surface area contributed by atoms with E-state index < -0.39 is 0 Å². The van der Waals surface area contributed by atoms with E-state index in [4.69, 9.17) is 0 Å². The Morgan fingerprint density at radius 1 is 1.21 bits per heavy atom. The van der Waals surface area contributed by atoms with Crippen molar-refractivity contribution in [1.82, 2.24) is 0 Å². The first kappa shape index (κ1) is 10.2. The average Bonchev–Trinajstić information content (AvgIpc) is 2.18. The minimum Gasteiger partial charge on any atom is -0.393 e. The lowest BCUT2D eigenvalue weighted by Crippen LogP contribution is -2.38. The van der Waals surface area contributed by atoms with Crippen LogP contribution in [0.2, 0.25) is 0 Å². The van der Waals surface area contributed by atoms with E-state index in [1.165, 1.54) is 32.1 Å². The highest BCUT2D eigenvalue weighted by atomic mass is 16.3. The van der Waals surface area contributed by atoms with E-state index in [9.17, 15) is 5.11 Å². The summed E-state index contributed by atoms with van der Waals surface area (Å²) < 4.78 is 0. The molecule has 14 heavy (non-hydrogen) atoms. The first-order valence-corrected chi connectivity index (χ1v) is 6.10. The SMILES string of the molecule is C=CCC1CC(O)C2CCCCC2C1. The summed E-state index contributed by atoms with van der Waals surface area (Å²) in [4.78, 5) is 0. The molecule has 0 bridgehead atoms. The predicted molar refractivity (Wildman–Crippen MR) is 59.0 cm³/mol. The second-order valence-corrected chi connectivity index (χ2v) is 5.14. The number of hydrogen-bond donors (Lipinski definition) is 1. The standard InChI is InChI=1S/C13H22O/c1-2-5-10-8-11-6-3-4-7-12(11)13(14)9-10/h2,10-14H,1,3-9H2. The summed E-state index contributed by atoms with van der Waals surface area (Å²) in [5.41, 5.74) is 0. The average molecular weight is 194 g/mol. The predicted octanol–water partition coefficient (Wildman–Crippen LogP) is 3.14. The molecule has 2 fully saturated rings. The van der Waals surface area contributed by atoms with Crippen molar-refractivity contribution in [2.45, 2.75) is 51.0 Å². The summed E-state index contributed by atoms with van der Waals surface area (Å²) in [6.07, 6.45) is 10.8. The van der Waals surface area contributed by atoms with Crippen LogP contribution in [0.5, 0.6) is 0 Å². The van der Waals surface area contributed by atoms with E-state index in [2.05, 4.69) is 6.58 Å². The first-order chi connectivity index (χ1) is 6.81. The third-order valence-electron chi connectivity index (χ3n) is 4.17. The molecule has 2 aliphatic rings. The molecule has 1 nitrogen and oxygen atoms in total. The van der Waals surface area contributed by atoms with Crippen molar-refractivity contribution in [3.05, 3.63) is 12.7 Å². The third-order valence-corrected chi connectivity index (χ3v) is 4.17. The molecule has 0 spiro atoms. The van der Waals surface area contributed by atoms with Gasteiger partial charge in [-0.1, -0.05) is 25.3 Å². The van der Waals surface area contributed by atoms with Crippen LogP contribution < -0.4 is 0 Å². The lowest BCUT2D eigenvalue weighted by Gasteiger charge is -2.42. The van der Waals surface area contributed by atoms with Crippen LogP contribution in [0, 0.1) is 17.8 Å². The number of aliphatic hydroxyl groups is 1. The first-order valence-electron chi connectivity index (χ1n) is 6.10. The Hall–Kier alpha value is -0.300. The van der Waals surface area contributed by atoms with Gasteiger partial charge in [-0.15, -0.1) is 6.58 Å². The second kappa shape index (κ2) is 4.48. The van der Waals surface area contributed by atoms with E-state index in [1.54, 1.807) is 0 Å².